The predicted molar refractivity (Wildman–Crippen MR) is 113 cm³/mol. The Morgan fingerprint density at radius 2 is 1.48 bits per heavy atom. The molecule has 0 bridgehead atoms. The molecule has 7 nitrogen and oxygen atoms in total. The van der Waals surface area contributed by atoms with E-state index in [0.717, 1.165) is 28.2 Å². The topological polar surface area (TPSA) is 95.5 Å². The fraction of sp³-hybridized carbons (Fsp3) is 0.0435. The first kappa shape index (κ1) is 20.0. The number of nitrogens with zero attached hydrogens (tertiary/aromatic N) is 2. The smallest absolute Gasteiger partial charge is 0.311 e. The third-order valence-corrected chi connectivity index (χ3v) is 4.87. The Kier molecular flexibility index (Phi) is 5.28. The Morgan fingerprint density at radius 1 is 0.806 bits per heavy atom. The number of hydrogen-bond acceptors (Lipinski definition) is 5. The Hall–Kier alpha value is -4.33. The van der Waals surface area contributed by atoms with Crippen molar-refractivity contribution in [3.8, 4) is 16.9 Å². The molecule has 0 fully saturated rings. The lowest BCUT2D eigenvalue weighted by atomic mass is 10.0. The minimum Gasteiger partial charge on any atom is -0.488 e. The largest absolute Gasteiger partial charge is 0.488 e. The van der Waals surface area contributed by atoms with Gasteiger partial charge in [-0.25, -0.2) is 0 Å². The van der Waals surface area contributed by atoms with Gasteiger partial charge in [0.2, 0.25) is 5.82 Å². The fourth-order valence-electron chi connectivity index (χ4n) is 3.34. The first-order valence-corrected chi connectivity index (χ1v) is 9.26. The van der Waals surface area contributed by atoms with E-state index < -0.39 is 27.0 Å². The summed E-state index contributed by atoms with van der Waals surface area (Å²) in [5, 5.41) is 24.3. The average Bonchev–Trinajstić information content (AvgIpc) is 2.77. The van der Waals surface area contributed by atoms with Crippen molar-refractivity contribution < 1.29 is 19.0 Å². The number of rotatable bonds is 6. The van der Waals surface area contributed by atoms with Gasteiger partial charge >= 0.3 is 5.69 Å². The molecule has 0 saturated heterocycles. The van der Waals surface area contributed by atoms with Gasteiger partial charge in [0.25, 0.3) is 5.69 Å². The Bertz CT molecular complexity index is 1300. The maximum atomic E-state index is 14.1. The number of ether oxygens (including phenoxy) is 1. The van der Waals surface area contributed by atoms with E-state index >= 15 is 0 Å². The number of fused-ring (bicyclic) bond motifs is 1. The zero-order chi connectivity index (χ0) is 22.0. The number of hydrogen-bond donors (Lipinski definition) is 0. The van der Waals surface area contributed by atoms with Gasteiger partial charge in [-0.1, -0.05) is 60.7 Å². The first-order chi connectivity index (χ1) is 14.9. The summed E-state index contributed by atoms with van der Waals surface area (Å²) in [6.07, 6.45) is 0. The van der Waals surface area contributed by atoms with Crippen LogP contribution in [0.1, 0.15) is 5.56 Å². The minimum absolute atomic E-state index is 0.0328. The highest BCUT2D eigenvalue weighted by Gasteiger charge is 2.25. The van der Waals surface area contributed by atoms with Crippen LogP contribution < -0.4 is 4.74 Å². The molecule has 0 atom stereocenters. The highest BCUT2D eigenvalue weighted by atomic mass is 19.1. The maximum absolute atomic E-state index is 14.1. The molecule has 4 rings (SSSR count). The summed E-state index contributed by atoms with van der Waals surface area (Å²) in [4.78, 5) is 20.5. The number of halogens is 1. The summed E-state index contributed by atoms with van der Waals surface area (Å²) in [5.41, 5.74) is -0.325. The van der Waals surface area contributed by atoms with Crippen molar-refractivity contribution in [3.63, 3.8) is 0 Å². The molecule has 0 aliphatic rings. The zero-order valence-corrected chi connectivity index (χ0v) is 16.0. The number of nitro groups is 2. The molecule has 0 unspecified atom stereocenters. The van der Waals surface area contributed by atoms with E-state index in [2.05, 4.69) is 0 Å². The molecule has 0 aromatic heterocycles. The van der Waals surface area contributed by atoms with Gasteiger partial charge in [-0.05, 0) is 28.6 Å². The summed E-state index contributed by atoms with van der Waals surface area (Å²) in [7, 11) is 0. The molecule has 154 valence electrons. The maximum Gasteiger partial charge on any atom is 0.311 e. The van der Waals surface area contributed by atoms with Crippen LogP contribution in [0.15, 0.2) is 78.9 Å². The van der Waals surface area contributed by atoms with Gasteiger partial charge in [0.1, 0.15) is 12.4 Å². The van der Waals surface area contributed by atoms with Gasteiger partial charge in [0, 0.05) is 5.39 Å². The standard InChI is InChI=1S/C23H15FN2O5/c24-20-12-19(21(25(27)28)13-22(20)26(29)30)17-10-8-15(9-11-17)14-31-23-7-3-5-16-4-1-2-6-18(16)23/h1-13H,14H2. The molecular weight excluding hydrogens is 403 g/mol. The van der Waals surface area contributed by atoms with Crippen LogP contribution in [0, 0.1) is 26.0 Å². The van der Waals surface area contributed by atoms with Crippen molar-refractivity contribution in [1.29, 1.82) is 0 Å². The summed E-state index contributed by atoms with van der Waals surface area (Å²) in [6, 6.07) is 21.7. The van der Waals surface area contributed by atoms with Crippen molar-refractivity contribution in [2.45, 2.75) is 6.61 Å². The molecule has 4 aromatic carbocycles. The van der Waals surface area contributed by atoms with Gasteiger partial charge < -0.3 is 4.74 Å². The van der Waals surface area contributed by atoms with Crippen molar-refractivity contribution in [2.75, 3.05) is 0 Å². The third-order valence-electron chi connectivity index (χ3n) is 4.87. The van der Waals surface area contributed by atoms with Crippen LogP contribution in [-0.2, 0) is 6.61 Å². The van der Waals surface area contributed by atoms with Crippen LogP contribution in [-0.4, -0.2) is 9.85 Å². The van der Waals surface area contributed by atoms with E-state index in [1.54, 1.807) is 24.3 Å². The molecule has 0 amide bonds. The van der Waals surface area contributed by atoms with Crippen LogP contribution in [0.5, 0.6) is 5.75 Å². The number of benzene rings is 4. The second kappa shape index (κ2) is 8.19. The molecule has 4 aromatic rings. The molecular formula is C23H15FN2O5. The highest BCUT2D eigenvalue weighted by molar-refractivity contribution is 5.88. The molecule has 0 aliphatic heterocycles. The normalized spacial score (nSPS) is 10.7. The van der Waals surface area contributed by atoms with E-state index in [-0.39, 0.29) is 12.2 Å². The molecule has 0 aliphatic carbocycles. The van der Waals surface area contributed by atoms with Crippen molar-refractivity contribution in [2.24, 2.45) is 0 Å². The average molecular weight is 418 g/mol. The van der Waals surface area contributed by atoms with E-state index in [9.17, 15) is 24.6 Å². The van der Waals surface area contributed by atoms with Gasteiger partial charge in [-0.2, -0.15) is 4.39 Å². The first-order valence-electron chi connectivity index (χ1n) is 9.26. The minimum atomic E-state index is -1.13. The SMILES string of the molecule is O=[N+]([O-])c1cc([N+](=O)[O-])c(-c2ccc(COc3cccc4ccccc34)cc2)cc1F. The van der Waals surface area contributed by atoms with Crippen molar-refractivity contribution >= 4 is 22.1 Å². The molecule has 0 saturated carbocycles. The highest BCUT2D eigenvalue weighted by Crippen LogP contribution is 2.35. The monoisotopic (exact) mass is 418 g/mol. The molecule has 0 spiro atoms. The Balaban J connectivity index is 1.59. The van der Waals surface area contributed by atoms with Crippen LogP contribution in [0.25, 0.3) is 21.9 Å². The van der Waals surface area contributed by atoms with Gasteiger partial charge in [-0.15, -0.1) is 0 Å². The van der Waals surface area contributed by atoms with Gasteiger partial charge in [0.15, 0.2) is 0 Å². The lowest BCUT2D eigenvalue weighted by molar-refractivity contribution is -0.395. The van der Waals surface area contributed by atoms with E-state index in [1.165, 1.54) is 0 Å². The predicted octanol–water partition coefficient (Wildman–Crippen LogP) is 6.04. The van der Waals surface area contributed by atoms with Crippen molar-refractivity contribution in [3.05, 3.63) is 110 Å². The summed E-state index contributed by atoms with van der Waals surface area (Å²) in [6.45, 7) is 0.269. The van der Waals surface area contributed by atoms with Crippen LogP contribution in [0.2, 0.25) is 0 Å². The van der Waals surface area contributed by atoms with Crippen LogP contribution >= 0.6 is 0 Å². The quantitative estimate of drug-likeness (QED) is 0.281. The molecule has 8 heteroatoms. The van der Waals surface area contributed by atoms with Gasteiger partial charge in [0.05, 0.1) is 21.5 Å². The van der Waals surface area contributed by atoms with E-state index in [0.29, 0.717) is 11.6 Å². The van der Waals surface area contributed by atoms with E-state index in [4.69, 9.17) is 4.74 Å². The van der Waals surface area contributed by atoms with Gasteiger partial charge in [-0.3, -0.25) is 20.2 Å². The Morgan fingerprint density at radius 3 is 2.19 bits per heavy atom. The molecule has 0 radical (unpaired) electrons. The zero-order valence-electron chi connectivity index (χ0n) is 16.0. The molecule has 0 heterocycles. The summed E-state index contributed by atoms with van der Waals surface area (Å²) in [5.74, 6) is -0.399. The van der Waals surface area contributed by atoms with Crippen LogP contribution in [0.4, 0.5) is 15.8 Å². The Labute approximate surface area is 175 Å². The molecule has 31 heavy (non-hydrogen) atoms. The van der Waals surface area contributed by atoms with Crippen LogP contribution in [0.3, 0.4) is 0 Å². The lowest BCUT2D eigenvalue weighted by Crippen LogP contribution is -1.99. The van der Waals surface area contributed by atoms with Crippen molar-refractivity contribution in [1.82, 2.24) is 0 Å². The number of nitro benzene ring substituents is 2. The van der Waals surface area contributed by atoms with E-state index in [1.807, 2.05) is 42.5 Å². The lowest BCUT2D eigenvalue weighted by Gasteiger charge is -2.10. The summed E-state index contributed by atoms with van der Waals surface area (Å²) >= 11 is 0. The third kappa shape index (κ3) is 4.04. The summed E-state index contributed by atoms with van der Waals surface area (Å²) < 4.78 is 20.0. The molecule has 0 N–H and O–H groups in total. The fourth-order valence-corrected chi connectivity index (χ4v) is 3.34. The second-order valence-corrected chi connectivity index (χ2v) is 6.80. The second-order valence-electron chi connectivity index (χ2n) is 6.80.